The van der Waals surface area contributed by atoms with Gasteiger partial charge in [-0.05, 0) is 20.3 Å². The molecule has 0 fully saturated rings. The summed E-state index contributed by atoms with van der Waals surface area (Å²) in [6, 6.07) is -0.391. The SMILES string of the molecule is CCCN(Cc1nccn1C)C(=O)N[C@H](C)c1n[nH]c(C)n1. The first-order valence-electron chi connectivity index (χ1n) is 7.41. The summed E-state index contributed by atoms with van der Waals surface area (Å²) in [5, 5.41) is 9.79. The van der Waals surface area contributed by atoms with E-state index < -0.39 is 0 Å². The number of hydrogen-bond acceptors (Lipinski definition) is 4. The lowest BCUT2D eigenvalue weighted by atomic mass is 10.3. The highest BCUT2D eigenvalue weighted by Crippen LogP contribution is 2.09. The number of nitrogens with zero attached hydrogens (tertiary/aromatic N) is 5. The van der Waals surface area contributed by atoms with Crippen LogP contribution in [0, 0.1) is 6.92 Å². The van der Waals surface area contributed by atoms with Crippen LogP contribution < -0.4 is 5.32 Å². The molecule has 2 N–H and O–H groups in total. The van der Waals surface area contributed by atoms with Crippen molar-refractivity contribution >= 4 is 6.03 Å². The predicted molar refractivity (Wildman–Crippen MR) is 82.0 cm³/mol. The standard InChI is InChI=1S/C14H23N7O/c1-5-7-21(9-12-15-6-8-20(12)4)14(22)16-10(2)13-17-11(3)18-19-13/h6,8,10H,5,7,9H2,1-4H3,(H,16,22)(H,17,18,19)/t10-/m1/s1. The van der Waals surface area contributed by atoms with Crippen molar-refractivity contribution in [3.05, 3.63) is 29.9 Å². The van der Waals surface area contributed by atoms with Gasteiger partial charge in [0.25, 0.3) is 0 Å². The Balaban J connectivity index is 2.01. The molecule has 0 spiro atoms. The van der Waals surface area contributed by atoms with Crippen molar-refractivity contribution in [1.29, 1.82) is 0 Å². The second-order valence-electron chi connectivity index (χ2n) is 5.33. The molecule has 0 aliphatic heterocycles. The number of amides is 2. The first-order valence-corrected chi connectivity index (χ1v) is 7.41. The second-order valence-corrected chi connectivity index (χ2v) is 5.33. The summed E-state index contributed by atoms with van der Waals surface area (Å²) in [5.41, 5.74) is 0. The topological polar surface area (TPSA) is 91.7 Å². The minimum atomic E-state index is -0.252. The lowest BCUT2D eigenvalue weighted by Crippen LogP contribution is -2.41. The number of nitrogens with one attached hydrogen (secondary N) is 2. The zero-order valence-corrected chi connectivity index (χ0v) is 13.5. The number of aromatic nitrogens is 5. The minimum absolute atomic E-state index is 0.139. The lowest BCUT2D eigenvalue weighted by molar-refractivity contribution is 0.189. The van der Waals surface area contributed by atoms with Gasteiger partial charge in [0.1, 0.15) is 11.6 Å². The van der Waals surface area contributed by atoms with Crippen molar-refractivity contribution in [3.63, 3.8) is 0 Å². The smallest absolute Gasteiger partial charge is 0.318 e. The zero-order valence-electron chi connectivity index (χ0n) is 13.5. The molecule has 1 atom stereocenters. The van der Waals surface area contributed by atoms with Crippen LogP contribution in [0.4, 0.5) is 4.79 Å². The van der Waals surface area contributed by atoms with E-state index in [9.17, 15) is 4.79 Å². The van der Waals surface area contributed by atoms with Gasteiger partial charge in [0.15, 0.2) is 5.82 Å². The van der Waals surface area contributed by atoms with Gasteiger partial charge < -0.3 is 14.8 Å². The summed E-state index contributed by atoms with van der Waals surface area (Å²) in [6.45, 7) is 6.88. The molecule has 0 unspecified atom stereocenters. The van der Waals surface area contributed by atoms with Crippen LogP contribution in [0.25, 0.3) is 0 Å². The van der Waals surface area contributed by atoms with Gasteiger partial charge in [0.2, 0.25) is 0 Å². The van der Waals surface area contributed by atoms with Crippen LogP contribution in [-0.2, 0) is 13.6 Å². The number of rotatable bonds is 6. The number of hydrogen-bond donors (Lipinski definition) is 2. The molecule has 2 heterocycles. The second kappa shape index (κ2) is 7.06. The van der Waals surface area contributed by atoms with Crippen LogP contribution in [0.5, 0.6) is 0 Å². The summed E-state index contributed by atoms with van der Waals surface area (Å²) in [5.74, 6) is 2.17. The van der Waals surface area contributed by atoms with Gasteiger partial charge in [-0.15, -0.1) is 0 Å². The van der Waals surface area contributed by atoms with Gasteiger partial charge in [-0.1, -0.05) is 6.92 Å². The van der Waals surface area contributed by atoms with E-state index >= 15 is 0 Å². The third kappa shape index (κ3) is 3.84. The molecule has 22 heavy (non-hydrogen) atoms. The molecule has 2 amide bonds. The molecule has 8 heteroatoms. The predicted octanol–water partition coefficient (Wildman–Crippen LogP) is 1.53. The fourth-order valence-corrected chi connectivity index (χ4v) is 2.14. The van der Waals surface area contributed by atoms with Crippen LogP contribution in [0.2, 0.25) is 0 Å². The largest absolute Gasteiger partial charge is 0.337 e. The molecule has 120 valence electrons. The van der Waals surface area contributed by atoms with Crippen molar-refractivity contribution in [2.24, 2.45) is 7.05 Å². The van der Waals surface area contributed by atoms with Gasteiger partial charge in [0, 0.05) is 26.0 Å². The number of carbonyl (C=O) groups is 1. The zero-order chi connectivity index (χ0) is 16.1. The molecular weight excluding hydrogens is 282 g/mol. The fourth-order valence-electron chi connectivity index (χ4n) is 2.14. The number of imidazole rings is 1. The third-order valence-corrected chi connectivity index (χ3v) is 3.38. The van der Waals surface area contributed by atoms with E-state index in [0.29, 0.717) is 18.9 Å². The minimum Gasteiger partial charge on any atom is -0.337 e. The van der Waals surface area contributed by atoms with Crippen LogP contribution in [-0.4, -0.2) is 42.2 Å². The van der Waals surface area contributed by atoms with E-state index in [-0.39, 0.29) is 12.1 Å². The van der Waals surface area contributed by atoms with Gasteiger partial charge in [-0.25, -0.2) is 14.8 Å². The molecule has 0 saturated heterocycles. The van der Waals surface area contributed by atoms with E-state index in [1.807, 2.05) is 38.6 Å². The Kier molecular flexibility index (Phi) is 5.13. The Morgan fingerprint density at radius 3 is 2.86 bits per heavy atom. The third-order valence-electron chi connectivity index (χ3n) is 3.38. The van der Waals surface area contributed by atoms with Gasteiger partial charge >= 0.3 is 6.03 Å². The molecule has 0 aromatic carbocycles. The van der Waals surface area contributed by atoms with Crippen LogP contribution in [0.3, 0.4) is 0 Å². The van der Waals surface area contributed by atoms with E-state index in [4.69, 9.17) is 0 Å². The number of H-pyrrole nitrogens is 1. The molecule has 0 bridgehead atoms. The molecule has 0 saturated carbocycles. The van der Waals surface area contributed by atoms with Gasteiger partial charge in [0.05, 0.1) is 12.6 Å². The molecular formula is C14H23N7O. The van der Waals surface area contributed by atoms with E-state index in [1.54, 1.807) is 11.1 Å². The highest BCUT2D eigenvalue weighted by atomic mass is 16.2. The summed E-state index contributed by atoms with van der Waals surface area (Å²) in [7, 11) is 1.92. The molecule has 0 aliphatic carbocycles. The van der Waals surface area contributed by atoms with Crippen molar-refractivity contribution in [2.75, 3.05) is 6.54 Å². The molecule has 2 rings (SSSR count). The maximum absolute atomic E-state index is 12.5. The highest BCUT2D eigenvalue weighted by molar-refractivity contribution is 5.74. The monoisotopic (exact) mass is 305 g/mol. The van der Waals surface area contributed by atoms with Gasteiger partial charge in [-0.2, -0.15) is 5.10 Å². The van der Waals surface area contributed by atoms with Crippen LogP contribution in [0.1, 0.15) is 43.8 Å². The summed E-state index contributed by atoms with van der Waals surface area (Å²) in [4.78, 5) is 22.7. The fraction of sp³-hybridized carbons (Fsp3) is 0.571. The van der Waals surface area contributed by atoms with Crippen molar-refractivity contribution in [2.45, 2.75) is 39.8 Å². The average Bonchev–Trinajstić information content (AvgIpc) is 3.07. The quantitative estimate of drug-likeness (QED) is 0.846. The van der Waals surface area contributed by atoms with Crippen LogP contribution >= 0.6 is 0 Å². The number of urea groups is 1. The average molecular weight is 305 g/mol. The first kappa shape index (κ1) is 16.0. The van der Waals surface area contributed by atoms with E-state index in [1.165, 1.54) is 0 Å². The molecule has 0 aliphatic rings. The Morgan fingerprint density at radius 1 is 1.55 bits per heavy atom. The molecule has 2 aromatic rings. The lowest BCUT2D eigenvalue weighted by Gasteiger charge is -2.23. The van der Waals surface area contributed by atoms with Gasteiger partial charge in [-0.3, -0.25) is 5.10 Å². The molecule has 0 radical (unpaired) electrons. The first-order chi connectivity index (χ1) is 10.5. The van der Waals surface area contributed by atoms with E-state index in [2.05, 4.69) is 25.5 Å². The van der Waals surface area contributed by atoms with Crippen LogP contribution in [0.15, 0.2) is 12.4 Å². The maximum Gasteiger partial charge on any atom is 0.318 e. The maximum atomic E-state index is 12.5. The van der Waals surface area contributed by atoms with E-state index in [0.717, 1.165) is 18.1 Å². The van der Waals surface area contributed by atoms with Crippen molar-refractivity contribution in [1.82, 2.24) is 34.9 Å². The van der Waals surface area contributed by atoms with Crippen molar-refractivity contribution < 1.29 is 4.79 Å². The Morgan fingerprint density at radius 2 is 2.32 bits per heavy atom. The summed E-state index contributed by atoms with van der Waals surface area (Å²) < 4.78 is 1.91. The highest BCUT2D eigenvalue weighted by Gasteiger charge is 2.19. The Labute approximate surface area is 129 Å². The molecule has 2 aromatic heterocycles. The number of aromatic amines is 1. The summed E-state index contributed by atoms with van der Waals surface area (Å²) >= 11 is 0. The Bertz CT molecular complexity index is 618. The van der Waals surface area contributed by atoms with Crippen molar-refractivity contribution in [3.8, 4) is 0 Å². The summed E-state index contributed by atoms with van der Waals surface area (Å²) in [6.07, 6.45) is 4.48. The Hall–Kier alpha value is -2.38. The normalized spacial score (nSPS) is 12.2. The number of aryl methyl sites for hydroxylation is 2. The number of carbonyl (C=O) groups excluding carboxylic acids is 1. The molecule has 8 nitrogen and oxygen atoms in total.